The maximum absolute atomic E-state index is 13.0. The van der Waals surface area contributed by atoms with Crippen molar-refractivity contribution in [3.8, 4) is 0 Å². The van der Waals surface area contributed by atoms with E-state index in [1.165, 1.54) is 22.6 Å². The fourth-order valence-corrected chi connectivity index (χ4v) is 1.31. The lowest BCUT2D eigenvalue weighted by Crippen LogP contribution is -2.48. The molecule has 0 aromatic rings. The van der Waals surface area contributed by atoms with E-state index >= 15 is 0 Å². The summed E-state index contributed by atoms with van der Waals surface area (Å²) in [4.78, 5) is 0. The Morgan fingerprint density at radius 1 is 1.06 bits per heavy atom. The number of rotatable bonds is 4. The van der Waals surface area contributed by atoms with Crippen molar-refractivity contribution >= 4 is 22.6 Å². The molecule has 0 unspecified atom stereocenters. The van der Waals surface area contributed by atoms with E-state index in [2.05, 4.69) is 4.74 Å². The molecule has 0 rings (SSSR count). The second-order valence-corrected chi connectivity index (χ2v) is 4.52. The molecule has 2 nitrogen and oxygen atoms in total. The van der Waals surface area contributed by atoms with Crippen molar-refractivity contribution in [2.24, 2.45) is 0 Å². The van der Waals surface area contributed by atoms with Crippen molar-refractivity contribution < 1.29 is 40.6 Å². The molecule has 0 bridgehead atoms. The van der Waals surface area contributed by atoms with E-state index in [4.69, 9.17) is 5.11 Å². The third-order valence-electron chi connectivity index (χ3n) is 1.38. The van der Waals surface area contributed by atoms with E-state index in [-0.39, 0.29) is 0 Å². The van der Waals surface area contributed by atoms with Crippen molar-refractivity contribution in [2.75, 3.05) is 6.61 Å². The highest BCUT2D eigenvalue weighted by Crippen LogP contribution is 2.43. The van der Waals surface area contributed by atoms with Crippen molar-refractivity contribution in [3.63, 3.8) is 0 Å². The van der Waals surface area contributed by atoms with Gasteiger partial charge in [0.15, 0.2) is 0 Å². The van der Waals surface area contributed by atoms with Crippen LogP contribution in [0.25, 0.3) is 0 Å². The van der Waals surface area contributed by atoms with Gasteiger partial charge in [0.25, 0.3) is 0 Å². The Hall–Kier alpha value is 0.160. The van der Waals surface area contributed by atoms with Gasteiger partial charge in [0.05, 0.1) is 6.61 Å². The summed E-state index contributed by atoms with van der Waals surface area (Å²) in [5.74, 6) is -4.85. The van der Waals surface area contributed by atoms with Gasteiger partial charge in [0.1, 0.15) is 0 Å². The molecule has 0 spiro atoms. The molecule has 16 heavy (non-hydrogen) atoms. The molecule has 2 atom stereocenters. The molecule has 0 saturated heterocycles. The first-order valence-electron chi connectivity index (χ1n) is 3.69. The molecule has 0 aliphatic carbocycles. The molecule has 0 aromatic carbocycles. The van der Waals surface area contributed by atoms with Crippen molar-refractivity contribution in [2.45, 2.75) is 28.7 Å². The molecule has 0 amide bonds. The number of halogens is 8. The quantitative estimate of drug-likeness (QED) is 0.469. The van der Waals surface area contributed by atoms with Gasteiger partial charge in [-0.25, -0.2) is 9.13 Å². The summed E-state index contributed by atoms with van der Waals surface area (Å²) < 4.78 is 85.1. The Kier molecular flexibility index (Phi) is 5.26. The Bertz CT molecular complexity index is 228. The first-order chi connectivity index (χ1) is 6.91. The van der Waals surface area contributed by atoms with Crippen LogP contribution in [0.15, 0.2) is 0 Å². The van der Waals surface area contributed by atoms with Crippen LogP contribution in [0.4, 0.5) is 30.7 Å². The van der Waals surface area contributed by atoms with Gasteiger partial charge in [-0.1, -0.05) is 22.6 Å². The molecule has 10 heteroatoms. The predicted molar refractivity (Wildman–Crippen MR) is 46.5 cm³/mol. The van der Waals surface area contributed by atoms with Gasteiger partial charge in [0.2, 0.25) is 0 Å². The highest BCUT2D eigenvalue weighted by Gasteiger charge is 2.62. The first-order valence-corrected chi connectivity index (χ1v) is 4.93. The van der Waals surface area contributed by atoms with Crippen molar-refractivity contribution in [3.05, 3.63) is 0 Å². The zero-order chi connectivity index (χ0) is 13.2. The summed E-state index contributed by atoms with van der Waals surface area (Å²) in [6.45, 7) is -0.899. The fraction of sp³-hybridized carbons (Fsp3) is 1.00. The average Bonchev–Trinajstić information content (AvgIpc) is 1.98. The maximum Gasteiger partial charge on any atom is 0.525 e. The van der Waals surface area contributed by atoms with E-state index in [1.807, 2.05) is 0 Å². The minimum absolute atomic E-state index is 0.899. The van der Waals surface area contributed by atoms with Gasteiger partial charge in [0, 0.05) is 10.3 Å². The summed E-state index contributed by atoms with van der Waals surface area (Å²) in [6.07, 6.45) is -13.2. The molecular weight excluding hydrogens is 364 g/mol. The summed E-state index contributed by atoms with van der Waals surface area (Å²) in [7, 11) is 0. The van der Waals surface area contributed by atoms with Gasteiger partial charge in [-0.3, -0.25) is 0 Å². The lowest BCUT2D eigenvalue weighted by atomic mass is 10.1. The van der Waals surface area contributed by atoms with Crippen LogP contribution in [0.3, 0.4) is 0 Å². The lowest BCUT2D eigenvalue weighted by molar-refractivity contribution is -0.448. The Labute approximate surface area is 98.9 Å². The molecule has 0 aliphatic rings. The topological polar surface area (TPSA) is 29.5 Å². The molecule has 98 valence electrons. The van der Waals surface area contributed by atoms with Crippen LogP contribution in [0.2, 0.25) is 0 Å². The van der Waals surface area contributed by atoms with Crippen LogP contribution in [0.5, 0.6) is 0 Å². The largest absolute Gasteiger partial charge is 0.525 e. The minimum Gasteiger partial charge on any atom is -0.395 e. The maximum atomic E-state index is 13.0. The normalized spacial score (nSPS) is 19.3. The third-order valence-corrected chi connectivity index (χ3v) is 2.22. The van der Waals surface area contributed by atoms with Gasteiger partial charge < -0.3 is 5.11 Å². The number of ether oxygens (including phenoxy) is 1. The molecule has 0 aliphatic heterocycles. The summed E-state index contributed by atoms with van der Waals surface area (Å²) in [6, 6.07) is 0. The summed E-state index contributed by atoms with van der Waals surface area (Å²) in [5, 5.41) is 8.38. The third kappa shape index (κ3) is 4.99. The van der Waals surface area contributed by atoms with E-state index in [0.717, 1.165) is 0 Å². The van der Waals surface area contributed by atoms with Gasteiger partial charge in [-0.2, -0.15) is 13.2 Å². The van der Waals surface area contributed by atoms with Gasteiger partial charge in [-0.05, 0) is 0 Å². The molecule has 0 saturated carbocycles. The van der Waals surface area contributed by atoms with Crippen LogP contribution >= 0.6 is 22.6 Å². The molecule has 0 aromatic heterocycles. The van der Waals surface area contributed by atoms with E-state index < -0.39 is 35.3 Å². The molecule has 0 fully saturated rings. The van der Waals surface area contributed by atoms with Crippen LogP contribution in [-0.2, 0) is 4.74 Å². The van der Waals surface area contributed by atoms with Crippen LogP contribution in [0.1, 0.15) is 6.42 Å². The Balaban J connectivity index is 4.91. The smallest absolute Gasteiger partial charge is 0.395 e. The van der Waals surface area contributed by atoms with Gasteiger partial charge >= 0.3 is 18.4 Å². The highest BCUT2D eigenvalue weighted by atomic mass is 127. The molecular formula is C6H6F7IO2. The van der Waals surface area contributed by atoms with E-state index in [1.54, 1.807) is 0 Å². The molecule has 0 radical (unpaired) electrons. The van der Waals surface area contributed by atoms with E-state index in [0.29, 0.717) is 0 Å². The van der Waals surface area contributed by atoms with Gasteiger partial charge in [-0.15, -0.1) is 13.2 Å². The standard InChI is InChI=1S/C6H6F7IO2/c7-4(5(8,9)10,1-3(14)2-15)16-6(11,12)13/h3,15H,1-2H2/t3-,4+/m0/s1. The average molecular weight is 370 g/mol. The predicted octanol–water partition coefficient (Wildman–Crippen LogP) is 2.94. The Morgan fingerprint density at radius 2 is 1.50 bits per heavy atom. The second kappa shape index (κ2) is 5.21. The molecule has 0 heterocycles. The van der Waals surface area contributed by atoms with Crippen molar-refractivity contribution in [1.29, 1.82) is 0 Å². The number of aliphatic hydroxyl groups is 1. The lowest BCUT2D eigenvalue weighted by Gasteiger charge is -2.29. The number of alkyl halides is 8. The summed E-state index contributed by atoms with van der Waals surface area (Å²) >= 11 is 1.18. The first kappa shape index (κ1) is 16.2. The number of hydrogen-bond acceptors (Lipinski definition) is 2. The fourth-order valence-electron chi connectivity index (χ4n) is 0.748. The van der Waals surface area contributed by atoms with Crippen LogP contribution in [0, 0.1) is 0 Å². The molecule has 1 N–H and O–H groups in total. The monoisotopic (exact) mass is 370 g/mol. The number of aliphatic hydroxyl groups excluding tert-OH is 1. The van der Waals surface area contributed by atoms with Crippen LogP contribution < -0.4 is 0 Å². The number of hydrogen-bond donors (Lipinski definition) is 1. The minimum atomic E-state index is -5.83. The summed E-state index contributed by atoms with van der Waals surface area (Å²) in [5.41, 5.74) is 0. The zero-order valence-corrected chi connectivity index (χ0v) is 9.53. The zero-order valence-electron chi connectivity index (χ0n) is 7.37. The highest BCUT2D eigenvalue weighted by molar-refractivity contribution is 14.1. The second-order valence-electron chi connectivity index (χ2n) is 2.76. The van der Waals surface area contributed by atoms with Crippen LogP contribution in [-0.4, -0.2) is 34.0 Å². The van der Waals surface area contributed by atoms with E-state index in [9.17, 15) is 30.7 Å². The SMILES string of the molecule is OC[C@@H](I)C[C@@](F)(OC(F)(F)F)C(F)(F)F. The Morgan fingerprint density at radius 3 is 1.75 bits per heavy atom. The van der Waals surface area contributed by atoms with Crippen molar-refractivity contribution in [1.82, 2.24) is 0 Å².